The summed E-state index contributed by atoms with van der Waals surface area (Å²) < 4.78 is 0. The lowest BCUT2D eigenvalue weighted by atomic mass is 9.43. The second kappa shape index (κ2) is 23.8. The van der Waals surface area contributed by atoms with E-state index in [0.29, 0.717) is 61.4 Å². The van der Waals surface area contributed by atoms with Gasteiger partial charge in [0.05, 0.1) is 12.2 Å². The molecule has 0 saturated heterocycles. The van der Waals surface area contributed by atoms with Crippen LogP contribution in [-0.4, -0.2) is 72.4 Å². The molecule has 4 rings (SSSR count). The van der Waals surface area contributed by atoms with Gasteiger partial charge in [-0.05, 0) is 156 Å². The van der Waals surface area contributed by atoms with Crippen LogP contribution < -0.4 is 10.6 Å². The van der Waals surface area contributed by atoms with Crippen molar-refractivity contribution >= 4 is 11.8 Å². The normalized spacial score (nSPS) is 32.5. The molecular weight excluding hydrogens is 695 g/mol. The second-order valence-electron chi connectivity index (χ2n) is 18.6. The van der Waals surface area contributed by atoms with Gasteiger partial charge in [-0.25, -0.2) is 0 Å². The highest BCUT2D eigenvalue weighted by Gasteiger charge is 2.62. The number of rotatable bonds is 23. The van der Waals surface area contributed by atoms with Gasteiger partial charge >= 0.3 is 0 Å². The summed E-state index contributed by atoms with van der Waals surface area (Å²) in [6, 6.07) is 0. The number of carbonyl (C=O) groups excluding carboxylic acids is 2. The van der Waals surface area contributed by atoms with Crippen LogP contribution in [0.4, 0.5) is 0 Å². The third kappa shape index (κ3) is 13.5. The molecule has 316 valence electrons. The van der Waals surface area contributed by atoms with E-state index in [4.69, 9.17) is 0 Å². The predicted molar refractivity (Wildman–Crippen MR) is 233 cm³/mol. The molecule has 56 heavy (non-hydrogen) atoms. The predicted octanol–water partition coefficient (Wildman–Crippen LogP) is 9.48. The van der Waals surface area contributed by atoms with Gasteiger partial charge in [0.25, 0.3) is 0 Å². The maximum absolute atomic E-state index is 12.9. The van der Waals surface area contributed by atoms with Crippen molar-refractivity contribution in [3.05, 3.63) is 60.8 Å². The van der Waals surface area contributed by atoms with Gasteiger partial charge in [-0.15, -0.1) is 0 Å². The molecule has 7 heteroatoms. The molecule has 0 bridgehead atoms. The van der Waals surface area contributed by atoms with Crippen molar-refractivity contribution in [2.75, 3.05) is 33.2 Å². The standard InChI is InChI=1S/C49H81N3O4/c1-6-7-8-9-10-11-12-13-14-15-16-17-18-19-20-21-22-23-45(55)50-32-34-52(5)35-33-51-46(56)27-24-38(2)41-25-26-42-47-43(29-31-49(41,42)4)48(3)30-28-40(53)36-39(48)37-44(47)54/h7-8,10-11,13-14,16-17,19-20,38-44,47,53-54H,6,9,12,15,18,21-37H2,1-5H3,(H,50,55)(H,51,56). The van der Waals surface area contributed by atoms with E-state index in [9.17, 15) is 19.8 Å². The zero-order valence-electron chi connectivity index (χ0n) is 36.1. The van der Waals surface area contributed by atoms with Crippen molar-refractivity contribution in [1.29, 1.82) is 0 Å². The summed E-state index contributed by atoms with van der Waals surface area (Å²) in [7, 11) is 2.04. The first-order valence-corrected chi connectivity index (χ1v) is 22.8. The van der Waals surface area contributed by atoms with Crippen molar-refractivity contribution in [2.24, 2.45) is 46.3 Å². The van der Waals surface area contributed by atoms with Gasteiger partial charge in [-0.2, -0.15) is 0 Å². The Bertz CT molecular complexity index is 1340. The number of amides is 2. The molecular formula is C49H81N3O4. The molecule has 10 unspecified atom stereocenters. The Morgan fingerprint density at radius 1 is 0.732 bits per heavy atom. The van der Waals surface area contributed by atoms with Crippen LogP contribution in [0.5, 0.6) is 0 Å². The number of carbonyl (C=O) groups is 2. The van der Waals surface area contributed by atoms with Crippen LogP contribution in [0.3, 0.4) is 0 Å². The Labute approximate surface area is 342 Å². The molecule has 2 amide bonds. The van der Waals surface area contributed by atoms with Gasteiger partial charge in [0.1, 0.15) is 0 Å². The number of nitrogens with one attached hydrogen (secondary N) is 2. The Hall–Kier alpha value is -2.48. The average molecular weight is 776 g/mol. The summed E-state index contributed by atoms with van der Waals surface area (Å²) in [5.74, 6) is 3.30. The molecule has 0 radical (unpaired) electrons. The van der Waals surface area contributed by atoms with E-state index in [1.54, 1.807) is 0 Å². The fourth-order valence-electron chi connectivity index (χ4n) is 11.5. The van der Waals surface area contributed by atoms with E-state index < -0.39 is 0 Å². The molecule has 0 aliphatic heterocycles. The van der Waals surface area contributed by atoms with Gasteiger partial charge in [0.15, 0.2) is 0 Å². The second-order valence-corrected chi connectivity index (χ2v) is 18.6. The van der Waals surface area contributed by atoms with E-state index in [-0.39, 0.29) is 34.9 Å². The summed E-state index contributed by atoms with van der Waals surface area (Å²) in [6.45, 7) is 12.3. The highest BCUT2D eigenvalue weighted by atomic mass is 16.3. The number of nitrogens with zero attached hydrogens (tertiary/aromatic N) is 1. The zero-order valence-corrected chi connectivity index (χ0v) is 36.1. The molecule has 0 spiro atoms. The fraction of sp³-hybridized carbons (Fsp3) is 0.755. The van der Waals surface area contributed by atoms with Crippen LogP contribution >= 0.6 is 0 Å². The lowest BCUT2D eigenvalue weighted by molar-refractivity contribution is -0.174. The molecule has 7 nitrogen and oxygen atoms in total. The van der Waals surface area contributed by atoms with Crippen LogP contribution in [-0.2, 0) is 9.59 Å². The fourth-order valence-corrected chi connectivity index (χ4v) is 11.5. The minimum atomic E-state index is -0.243. The van der Waals surface area contributed by atoms with Crippen LogP contribution in [0.1, 0.15) is 143 Å². The van der Waals surface area contributed by atoms with Crippen molar-refractivity contribution < 1.29 is 19.8 Å². The Kier molecular flexibility index (Phi) is 19.6. The van der Waals surface area contributed by atoms with Gasteiger partial charge in [0, 0.05) is 39.0 Å². The molecule has 4 N–H and O–H groups in total. The molecule has 4 aliphatic rings. The largest absolute Gasteiger partial charge is 0.393 e. The number of aliphatic hydroxyl groups excluding tert-OH is 2. The summed E-state index contributed by atoms with van der Waals surface area (Å²) >= 11 is 0. The van der Waals surface area contributed by atoms with Crippen molar-refractivity contribution in [3.8, 4) is 0 Å². The monoisotopic (exact) mass is 776 g/mol. The Morgan fingerprint density at radius 2 is 1.29 bits per heavy atom. The zero-order chi connectivity index (χ0) is 40.4. The summed E-state index contributed by atoms with van der Waals surface area (Å²) in [6.07, 6.45) is 38.9. The molecule has 4 fully saturated rings. The summed E-state index contributed by atoms with van der Waals surface area (Å²) in [4.78, 5) is 27.3. The quantitative estimate of drug-likeness (QED) is 0.0612. The molecule has 0 aromatic carbocycles. The van der Waals surface area contributed by atoms with E-state index >= 15 is 0 Å². The first-order chi connectivity index (χ1) is 27.0. The maximum atomic E-state index is 12.9. The number of aliphatic hydroxyl groups is 2. The van der Waals surface area contributed by atoms with E-state index in [0.717, 1.165) is 90.1 Å². The number of hydrogen-bond donors (Lipinski definition) is 4. The molecule has 4 aliphatic carbocycles. The lowest BCUT2D eigenvalue weighted by Crippen LogP contribution is -2.58. The number of unbranched alkanes of at least 4 members (excludes halogenated alkanes) is 1. The molecule has 10 atom stereocenters. The molecule has 0 heterocycles. The number of allylic oxidation sites excluding steroid dienone is 10. The number of likely N-dealkylation sites (N-methyl/N-ethyl adjacent to an activating group) is 1. The average Bonchev–Trinajstić information content (AvgIpc) is 3.53. The lowest BCUT2D eigenvalue weighted by Gasteiger charge is -2.62. The molecule has 0 aromatic rings. The van der Waals surface area contributed by atoms with Crippen LogP contribution in [0, 0.1) is 46.3 Å². The summed E-state index contributed by atoms with van der Waals surface area (Å²) in [5, 5.41) is 28.1. The topological polar surface area (TPSA) is 102 Å². The van der Waals surface area contributed by atoms with Crippen molar-refractivity contribution in [1.82, 2.24) is 15.5 Å². The third-order valence-corrected chi connectivity index (χ3v) is 14.8. The Morgan fingerprint density at radius 3 is 1.91 bits per heavy atom. The highest BCUT2D eigenvalue weighted by Crippen LogP contribution is 2.68. The van der Waals surface area contributed by atoms with Crippen LogP contribution in [0.15, 0.2) is 60.8 Å². The minimum absolute atomic E-state index is 0.103. The van der Waals surface area contributed by atoms with Crippen LogP contribution in [0.2, 0.25) is 0 Å². The summed E-state index contributed by atoms with van der Waals surface area (Å²) in [5.41, 5.74) is 0.496. The van der Waals surface area contributed by atoms with E-state index in [1.807, 2.05) is 7.05 Å². The molecule has 4 saturated carbocycles. The first-order valence-electron chi connectivity index (χ1n) is 22.8. The number of hydrogen-bond acceptors (Lipinski definition) is 5. The number of fused-ring (bicyclic) bond motifs is 5. The maximum Gasteiger partial charge on any atom is 0.220 e. The minimum Gasteiger partial charge on any atom is -0.393 e. The van der Waals surface area contributed by atoms with E-state index in [1.165, 1.54) is 25.7 Å². The van der Waals surface area contributed by atoms with Gasteiger partial charge in [-0.3, -0.25) is 9.59 Å². The van der Waals surface area contributed by atoms with Gasteiger partial charge < -0.3 is 25.7 Å². The van der Waals surface area contributed by atoms with Crippen molar-refractivity contribution in [3.63, 3.8) is 0 Å². The smallest absolute Gasteiger partial charge is 0.220 e. The van der Waals surface area contributed by atoms with Gasteiger partial charge in [-0.1, -0.05) is 88.5 Å². The first kappa shape index (κ1) is 46.2. The Balaban J connectivity index is 1.01. The van der Waals surface area contributed by atoms with Crippen molar-refractivity contribution in [2.45, 2.75) is 155 Å². The van der Waals surface area contributed by atoms with Gasteiger partial charge in [0.2, 0.25) is 11.8 Å². The van der Waals surface area contributed by atoms with Crippen LogP contribution in [0.25, 0.3) is 0 Å². The SMILES string of the molecule is CCC=CCC=CCC=CCC=CCC=CCCCC(=O)NCCN(C)CCNC(=O)CCC(C)C1CCC2C3C(O)CC4CC(O)CCC4(C)C3CCC12C. The van der Waals surface area contributed by atoms with E-state index in [2.05, 4.69) is 104 Å². The highest BCUT2D eigenvalue weighted by molar-refractivity contribution is 5.76. The molecule has 0 aromatic heterocycles. The third-order valence-electron chi connectivity index (χ3n) is 14.8.